The molecule has 0 spiro atoms. The number of carbonyl (C=O) groups is 2. The molecule has 5 nitrogen and oxygen atoms in total. The Morgan fingerprint density at radius 1 is 1.14 bits per heavy atom. The van der Waals surface area contributed by atoms with E-state index >= 15 is 0 Å². The summed E-state index contributed by atoms with van der Waals surface area (Å²) < 4.78 is 5.31. The first kappa shape index (κ1) is 16.0. The molecule has 2 aromatic rings. The van der Waals surface area contributed by atoms with Crippen molar-refractivity contribution in [2.75, 3.05) is 18.5 Å². The zero-order chi connectivity index (χ0) is 15.8. The van der Waals surface area contributed by atoms with Gasteiger partial charge >= 0.3 is 11.8 Å². The maximum Gasteiger partial charge on any atom is 0.313 e. The van der Waals surface area contributed by atoms with Crippen LogP contribution in [0.3, 0.4) is 0 Å². The summed E-state index contributed by atoms with van der Waals surface area (Å²) in [6, 6.07) is 8.88. The summed E-state index contributed by atoms with van der Waals surface area (Å²) in [5.41, 5.74) is 1.71. The fraction of sp³-hybridized carbons (Fsp3) is 0.250. The van der Waals surface area contributed by atoms with Crippen LogP contribution in [0.5, 0.6) is 5.75 Å². The zero-order valence-electron chi connectivity index (χ0n) is 12.3. The maximum absolute atomic E-state index is 11.8. The molecule has 0 radical (unpaired) electrons. The van der Waals surface area contributed by atoms with E-state index < -0.39 is 11.8 Å². The van der Waals surface area contributed by atoms with E-state index in [2.05, 4.69) is 10.6 Å². The molecule has 0 unspecified atom stereocenters. The molecule has 2 amide bonds. The minimum atomic E-state index is -0.672. The van der Waals surface area contributed by atoms with E-state index in [0.717, 1.165) is 11.3 Å². The number of rotatable bonds is 6. The monoisotopic (exact) mass is 318 g/mol. The third-order valence-electron chi connectivity index (χ3n) is 2.91. The Kier molecular flexibility index (Phi) is 5.97. The fourth-order valence-electron chi connectivity index (χ4n) is 1.82. The van der Waals surface area contributed by atoms with Gasteiger partial charge < -0.3 is 15.4 Å². The summed E-state index contributed by atoms with van der Waals surface area (Å²) in [5, 5.41) is 9.15. The lowest BCUT2D eigenvalue weighted by atomic mass is 10.2. The van der Waals surface area contributed by atoms with Crippen LogP contribution in [0.4, 0.5) is 5.69 Å². The molecule has 0 saturated heterocycles. The molecule has 1 heterocycles. The highest BCUT2D eigenvalue weighted by Crippen LogP contribution is 2.15. The third kappa shape index (κ3) is 4.89. The van der Waals surface area contributed by atoms with Gasteiger partial charge in [-0.05, 0) is 60.0 Å². The first-order valence-electron chi connectivity index (χ1n) is 7.02. The Bertz CT molecular complexity index is 609. The van der Waals surface area contributed by atoms with Crippen LogP contribution in [0.25, 0.3) is 0 Å². The maximum atomic E-state index is 11.8. The molecule has 2 rings (SSSR count). The smallest absolute Gasteiger partial charge is 0.313 e. The molecular formula is C16H18N2O3S. The second-order valence-electron chi connectivity index (χ2n) is 4.55. The van der Waals surface area contributed by atoms with Crippen molar-refractivity contribution in [3.05, 3.63) is 46.7 Å². The molecular weight excluding hydrogens is 300 g/mol. The van der Waals surface area contributed by atoms with E-state index in [1.165, 1.54) is 0 Å². The Morgan fingerprint density at radius 3 is 2.55 bits per heavy atom. The first-order chi connectivity index (χ1) is 10.7. The molecule has 6 heteroatoms. The van der Waals surface area contributed by atoms with Crippen LogP contribution in [0.15, 0.2) is 41.1 Å². The topological polar surface area (TPSA) is 67.4 Å². The molecule has 22 heavy (non-hydrogen) atoms. The molecule has 0 bridgehead atoms. The second kappa shape index (κ2) is 8.19. The van der Waals surface area contributed by atoms with Crippen LogP contribution >= 0.6 is 11.3 Å². The van der Waals surface area contributed by atoms with E-state index in [-0.39, 0.29) is 0 Å². The summed E-state index contributed by atoms with van der Waals surface area (Å²) in [6.45, 7) is 2.92. The minimum absolute atomic E-state index is 0.437. The van der Waals surface area contributed by atoms with Gasteiger partial charge in [0.05, 0.1) is 6.61 Å². The molecule has 0 fully saturated rings. The van der Waals surface area contributed by atoms with E-state index in [1.807, 2.05) is 23.8 Å². The lowest BCUT2D eigenvalue weighted by molar-refractivity contribution is -0.136. The molecule has 1 aromatic carbocycles. The predicted molar refractivity (Wildman–Crippen MR) is 87.3 cm³/mol. The standard InChI is InChI=1S/C16H18N2O3S/c1-2-21-14-5-3-13(4-6-14)18-16(20)15(19)17-9-7-12-8-10-22-11-12/h3-6,8,10-11H,2,7,9H2,1H3,(H,17,19)(H,18,20). The van der Waals surface area contributed by atoms with Crippen LogP contribution in [-0.4, -0.2) is 25.0 Å². The average Bonchev–Trinajstić information content (AvgIpc) is 3.02. The highest BCUT2D eigenvalue weighted by Gasteiger charge is 2.13. The van der Waals surface area contributed by atoms with Gasteiger partial charge in [-0.1, -0.05) is 0 Å². The number of nitrogens with one attached hydrogen (secondary N) is 2. The number of anilines is 1. The van der Waals surface area contributed by atoms with Gasteiger partial charge in [0.1, 0.15) is 5.75 Å². The van der Waals surface area contributed by atoms with Crippen LogP contribution in [0.2, 0.25) is 0 Å². The predicted octanol–water partition coefficient (Wildman–Crippen LogP) is 2.44. The van der Waals surface area contributed by atoms with Crippen molar-refractivity contribution >= 4 is 28.8 Å². The molecule has 0 saturated carbocycles. The van der Waals surface area contributed by atoms with Crippen molar-refractivity contribution in [2.45, 2.75) is 13.3 Å². The van der Waals surface area contributed by atoms with E-state index in [4.69, 9.17) is 4.74 Å². The lowest BCUT2D eigenvalue weighted by Gasteiger charge is -2.07. The summed E-state index contributed by atoms with van der Waals surface area (Å²) in [5.74, 6) is -0.584. The van der Waals surface area contributed by atoms with Crippen molar-refractivity contribution in [2.24, 2.45) is 0 Å². The Balaban J connectivity index is 1.76. The van der Waals surface area contributed by atoms with Crippen LogP contribution in [0, 0.1) is 0 Å². The summed E-state index contributed by atoms with van der Waals surface area (Å²) in [4.78, 5) is 23.5. The molecule has 2 N–H and O–H groups in total. The number of amides is 2. The van der Waals surface area contributed by atoms with Crippen LogP contribution in [0.1, 0.15) is 12.5 Å². The normalized spacial score (nSPS) is 10.0. The second-order valence-corrected chi connectivity index (χ2v) is 5.33. The quantitative estimate of drug-likeness (QED) is 0.804. The minimum Gasteiger partial charge on any atom is -0.494 e. The Hall–Kier alpha value is -2.34. The summed E-state index contributed by atoms with van der Waals surface area (Å²) in [7, 11) is 0. The van der Waals surface area contributed by atoms with Gasteiger partial charge in [0, 0.05) is 12.2 Å². The molecule has 0 aliphatic rings. The Morgan fingerprint density at radius 2 is 1.91 bits per heavy atom. The van der Waals surface area contributed by atoms with Gasteiger partial charge in [-0.25, -0.2) is 0 Å². The first-order valence-corrected chi connectivity index (χ1v) is 7.96. The van der Waals surface area contributed by atoms with E-state index in [0.29, 0.717) is 25.3 Å². The van der Waals surface area contributed by atoms with Crippen molar-refractivity contribution in [3.63, 3.8) is 0 Å². The zero-order valence-corrected chi connectivity index (χ0v) is 13.1. The van der Waals surface area contributed by atoms with Gasteiger partial charge in [0.2, 0.25) is 0 Å². The number of hydrogen-bond acceptors (Lipinski definition) is 4. The molecule has 0 aliphatic heterocycles. The largest absolute Gasteiger partial charge is 0.494 e. The van der Waals surface area contributed by atoms with E-state index in [9.17, 15) is 9.59 Å². The van der Waals surface area contributed by atoms with Crippen molar-refractivity contribution in [1.29, 1.82) is 0 Å². The summed E-state index contributed by atoms with van der Waals surface area (Å²) >= 11 is 1.61. The molecule has 0 aliphatic carbocycles. The fourth-order valence-corrected chi connectivity index (χ4v) is 2.53. The highest BCUT2D eigenvalue weighted by atomic mass is 32.1. The van der Waals surface area contributed by atoms with Gasteiger partial charge in [-0.15, -0.1) is 0 Å². The highest BCUT2D eigenvalue weighted by molar-refractivity contribution is 7.07. The van der Waals surface area contributed by atoms with Gasteiger partial charge in [0.25, 0.3) is 0 Å². The third-order valence-corrected chi connectivity index (χ3v) is 3.64. The van der Waals surface area contributed by atoms with E-state index in [1.54, 1.807) is 35.6 Å². The number of thiophene rings is 1. The molecule has 0 atom stereocenters. The Labute approximate surface area is 133 Å². The number of ether oxygens (including phenoxy) is 1. The van der Waals surface area contributed by atoms with Crippen molar-refractivity contribution in [3.8, 4) is 5.75 Å². The van der Waals surface area contributed by atoms with Gasteiger partial charge in [-0.3, -0.25) is 9.59 Å². The number of carbonyl (C=O) groups excluding carboxylic acids is 2. The SMILES string of the molecule is CCOc1ccc(NC(=O)C(=O)NCCc2ccsc2)cc1. The number of benzene rings is 1. The molecule has 1 aromatic heterocycles. The van der Waals surface area contributed by atoms with Crippen molar-refractivity contribution < 1.29 is 14.3 Å². The molecule has 116 valence electrons. The average molecular weight is 318 g/mol. The lowest BCUT2D eigenvalue weighted by Crippen LogP contribution is -2.36. The van der Waals surface area contributed by atoms with Gasteiger partial charge in [-0.2, -0.15) is 11.3 Å². The summed E-state index contributed by atoms with van der Waals surface area (Å²) in [6.07, 6.45) is 0.714. The van der Waals surface area contributed by atoms with Crippen molar-refractivity contribution in [1.82, 2.24) is 5.32 Å². The van der Waals surface area contributed by atoms with Gasteiger partial charge in [0.15, 0.2) is 0 Å². The van der Waals surface area contributed by atoms with Crippen LogP contribution in [-0.2, 0) is 16.0 Å². The number of hydrogen-bond donors (Lipinski definition) is 2. The van der Waals surface area contributed by atoms with Crippen LogP contribution < -0.4 is 15.4 Å².